The molecule has 0 aliphatic carbocycles. The van der Waals surface area contributed by atoms with Gasteiger partial charge in [0.1, 0.15) is 6.26 Å². The Morgan fingerprint density at radius 2 is 1.67 bits per heavy atom. The van der Waals surface area contributed by atoms with Gasteiger partial charge in [0.25, 0.3) is 11.8 Å². The van der Waals surface area contributed by atoms with E-state index in [0.29, 0.717) is 16.1 Å². The van der Waals surface area contributed by atoms with Crippen molar-refractivity contribution in [3.05, 3.63) is 59.0 Å². The molecule has 2 amide bonds. The van der Waals surface area contributed by atoms with Crippen molar-refractivity contribution in [2.75, 3.05) is 7.05 Å². The van der Waals surface area contributed by atoms with Gasteiger partial charge in [0.2, 0.25) is 0 Å². The van der Waals surface area contributed by atoms with E-state index in [0.717, 1.165) is 4.90 Å². The minimum atomic E-state index is -0.413. The Hall–Kier alpha value is -2.07. The normalized spacial score (nSPS) is 10.1. The molecule has 1 aromatic heterocycles. The van der Waals surface area contributed by atoms with Gasteiger partial charge in [-0.15, -0.1) is 0 Å². The van der Waals surface area contributed by atoms with E-state index in [1.807, 2.05) is 0 Å². The van der Waals surface area contributed by atoms with Crippen molar-refractivity contribution >= 4 is 23.4 Å². The predicted molar refractivity (Wildman–Crippen MR) is 66.6 cm³/mol. The van der Waals surface area contributed by atoms with Crippen LogP contribution in [0.1, 0.15) is 20.7 Å². The molecule has 0 aliphatic rings. The van der Waals surface area contributed by atoms with E-state index in [9.17, 15) is 9.59 Å². The van der Waals surface area contributed by atoms with Crippen molar-refractivity contribution in [1.29, 1.82) is 0 Å². The van der Waals surface area contributed by atoms with Crippen molar-refractivity contribution in [1.82, 2.24) is 4.90 Å². The third-order valence-corrected chi connectivity index (χ3v) is 2.72. The molecule has 2 aromatic rings. The molecule has 0 atom stereocenters. The number of amides is 2. The van der Waals surface area contributed by atoms with Crippen LogP contribution >= 0.6 is 11.6 Å². The van der Waals surface area contributed by atoms with Gasteiger partial charge >= 0.3 is 0 Å². The number of imide groups is 1. The zero-order chi connectivity index (χ0) is 13.1. The fourth-order valence-corrected chi connectivity index (χ4v) is 1.58. The Morgan fingerprint density at radius 1 is 1.06 bits per heavy atom. The molecular weight excluding hydrogens is 254 g/mol. The lowest BCUT2D eigenvalue weighted by Crippen LogP contribution is -2.32. The molecule has 0 saturated heterocycles. The van der Waals surface area contributed by atoms with Gasteiger partial charge in [0, 0.05) is 17.6 Å². The van der Waals surface area contributed by atoms with Crippen LogP contribution in [-0.2, 0) is 0 Å². The summed E-state index contributed by atoms with van der Waals surface area (Å²) < 4.78 is 4.81. The van der Waals surface area contributed by atoms with E-state index in [1.165, 1.54) is 25.6 Å². The van der Waals surface area contributed by atoms with Crippen LogP contribution in [0.15, 0.2) is 47.3 Å². The molecular formula is C13H10ClNO3. The topological polar surface area (TPSA) is 50.5 Å². The van der Waals surface area contributed by atoms with Gasteiger partial charge < -0.3 is 4.42 Å². The second kappa shape index (κ2) is 5.06. The molecule has 2 rings (SSSR count). The van der Waals surface area contributed by atoms with Crippen LogP contribution in [0.5, 0.6) is 0 Å². The molecule has 0 fully saturated rings. The average Bonchev–Trinajstić information content (AvgIpc) is 2.91. The van der Waals surface area contributed by atoms with E-state index in [4.69, 9.17) is 16.0 Å². The van der Waals surface area contributed by atoms with Crippen molar-refractivity contribution in [3.63, 3.8) is 0 Å². The number of carbonyl (C=O) groups excluding carboxylic acids is 2. The first-order valence-corrected chi connectivity index (χ1v) is 5.57. The largest absolute Gasteiger partial charge is 0.472 e. The third-order valence-electron chi connectivity index (χ3n) is 2.47. The number of furan rings is 1. The summed E-state index contributed by atoms with van der Waals surface area (Å²) in [5, 5.41) is 0.537. The standard InChI is InChI=1S/C13H10ClNO3/c1-15(13(17)10-6-7-18-8-10)12(16)9-2-4-11(14)5-3-9/h2-8H,1H3. The average molecular weight is 264 g/mol. The summed E-state index contributed by atoms with van der Waals surface area (Å²) in [6.45, 7) is 0. The van der Waals surface area contributed by atoms with E-state index in [1.54, 1.807) is 24.3 Å². The molecule has 0 unspecified atom stereocenters. The third kappa shape index (κ3) is 2.43. The fraction of sp³-hybridized carbons (Fsp3) is 0.0769. The predicted octanol–water partition coefficient (Wildman–Crippen LogP) is 2.85. The lowest BCUT2D eigenvalue weighted by molar-refractivity contribution is 0.0655. The van der Waals surface area contributed by atoms with Crippen molar-refractivity contribution in [3.8, 4) is 0 Å². The number of nitrogens with zero attached hydrogens (tertiary/aromatic N) is 1. The maximum atomic E-state index is 12.0. The Balaban J connectivity index is 2.19. The SMILES string of the molecule is CN(C(=O)c1ccc(Cl)cc1)C(=O)c1ccoc1. The number of carbonyl (C=O) groups is 2. The monoisotopic (exact) mass is 263 g/mol. The van der Waals surface area contributed by atoms with Gasteiger partial charge in [-0.25, -0.2) is 0 Å². The zero-order valence-electron chi connectivity index (χ0n) is 9.59. The maximum Gasteiger partial charge on any atom is 0.263 e. The second-order valence-corrected chi connectivity index (χ2v) is 4.12. The lowest BCUT2D eigenvalue weighted by atomic mass is 10.2. The Morgan fingerprint density at radius 3 is 2.22 bits per heavy atom. The Bertz CT molecular complexity index is 560. The molecule has 0 spiro atoms. The summed E-state index contributed by atoms with van der Waals surface area (Å²) in [5.74, 6) is -0.804. The quantitative estimate of drug-likeness (QED) is 0.783. The van der Waals surface area contributed by atoms with E-state index in [-0.39, 0.29) is 0 Å². The van der Waals surface area contributed by atoms with Crippen molar-refractivity contribution < 1.29 is 14.0 Å². The molecule has 18 heavy (non-hydrogen) atoms. The Labute approximate surface area is 109 Å². The second-order valence-electron chi connectivity index (χ2n) is 3.69. The number of rotatable bonds is 2. The molecule has 0 radical (unpaired) electrons. The maximum absolute atomic E-state index is 12.0. The molecule has 0 bridgehead atoms. The molecule has 1 heterocycles. The smallest absolute Gasteiger partial charge is 0.263 e. The Kier molecular flexibility index (Phi) is 3.48. The van der Waals surface area contributed by atoms with Crippen molar-refractivity contribution in [2.24, 2.45) is 0 Å². The summed E-state index contributed by atoms with van der Waals surface area (Å²) in [6.07, 6.45) is 2.68. The van der Waals surface area contributed by atoms with Crippen LogP contribution < -0.4 is 0 Å². The van der Waals surface area contributed by atoms with Crippen LogP contribution in [-0.4, -0.2) is 23.8 Å². The minimum Gasteiger partial charge on any atom is -0.472 e. The van der Waals surface area contributed by atoms with Gasteiger partial charge in [-0.3, -0.25) is 14.5 Å². The highest BCUT2D eigenvalue weighted by Crippen LogP contribution is 2.12. The highest BCUT2D eigenvalue weighted by Gasteiger charge is 2.20. The molecule has 4 nitrogen and oxygen atoms in total. The highest BCUT2D eigenvalue weighted by atomic mass is 35.5. The van der Waals surface area contributed by atoms with Crippen LogP contribution in [0.3, 0.4) is 0 Å². The molecule has 0 saturated carbocycles. The highest BCUT2D eigenvalue weighted by molar-refractivity contribution is 6.30. The summed E-state index contributed by atoms with van der Waals surface area (Å²) in [7, 11) is 1.42. The van der Waals surface area contributed by atoms with Gasteiger partial charge in [0.05, 0.1) is 11.8 Å². The van der Waals surface area contributed by atoms with Crippen LogP contribution in [0.2, 0.25) is 5.02 Å². The number of benzene rings is 1. The van der Waals surface area contributed by atoms with Gasteiger partial charge in [0.15, 0.2) is 0 Å². The summed E-state index contributed by atoms with van der Waals surface area (Å²) in [6, 6.07) is 7.86. The molecule has 0 N–H and O–H groups in total. The number of halogens is 1. The summed E-state index contributed by atoms with van der Waals surface area (Å²) in [5.41, 5.74) is 0.735. The van der Waals surface area contributed by atoms with Crippen LogP contribution in [0.4, 0.5) is 0 Å². The molecule has 1 aromatic carbocycles. The van der Waals surface area contributed by atoms with E-state index >= 15 is 0 Å². The minimum absolute atomic E-state index is 0.333. The van der Waals surface area contributed by atoms with Crippen molar-refractivity contribution in [2.45, 2.75) is 0 Å². The fourth-order valence-electron chi connectivity index (χ4n) is 1.46. The molecule has 0 aliphatic heterocycles. The van der Waals surface area contributed by atoms with E-state index in [2.05, 4.69) is 0 Å². The van der Waals surface area contributed by atoms with E-state index < -0.39 is 11.8 Å². The first-order chi connectivity index (χ1) is 8.59. The first-order valence-electron chi connectivity index (χ1n) is 5.20. The summed E-state index contributed by atoms with van der Waals surface area (Å²) >= 11 is 5.74. The number of hydrogen-bond acceptors (Lipinski definition) is 3. The van der Waals surface area contributed by atoms with Gasteiger partial charge in [-0.1, -0.05) is 11.6 Å². The van der Waals surface area contributed by atoms with Crippen LogP contribution in [0, 0.1) is 0 Å². The molecule has 5 heteroatoms. The molecule has 92 valence electrons. The zero-order valence-corrected chi connectivity index (χ0v) is 10.3. The van der Waals surface area contributed by atoms with Crippen LogP contribution in [0.25, 0.3) is 0 Å². The van der Waals surface area contributed by atoms with Gasteiger partial charge in [-0.2, -0.15) is 0 Å². The van der Waals surface area contributed by atoms with Gasteiger partial charge in [-0.05, 0) is 30.3 Å². The first kappa shape index (κ1) is 12.4. The number of hydrogen-bond donors (Lipinski definition) is 0. The summed E-state index contributed by atoms with van der Waals surface area (Å²) in [4.78, 5) is 25.0. The lowest BCUT2D eigenvalue weighted by Gasteiger charge is -2.14.